The summed E-state index contributed by atoms with van der Waals surface area (Å²) < 4.78 is 6.84. The number of nitrogens with zero attached hydrogens (tertiary/aromatic N) is 2. The number of halogens is 1. The molecule has 0 radical (unpaired) electrons. The molecular weight excluding hydrogens is 372 g/mol. The van der Waals surface area contributed by atoms with Crippen molar-refractivity contribution in [3.63, 3.8) is 0 Å². The van der Waals surface area contributed by atoms with E-state index in [0.717, 1.165) is 16.6 Å². The van der Waals surface area contributed by atoms with E-state index in [0.29, 0.717) is 17.0 Å². The highest BCUT2D eigenvalue weighted by molar-refractivity contribution is 9.10. The van der Waals surface area contributed by atoms with Gasteiger partial charge in [0.25, 0.3) is 5.22 Å². The Kier molecular flexibility index (Phi) is 5.51. The monoisotopic (exact) mass is 388 g/mol. The molecule has 0 fully saturated rings. The van der Waals surface area contributed by atoms with Gasteiger partial charge in [-0.1, -0.05) is 77.1 Å². The molecule has 3 nitrogen and oxygen atoms in total. The molecule has 2 aromatic carbocycles. The highest BCUT2D eigenvalue weighted by Crippen LogP contribution is 2.25. The Labute approximate surface area is 148 Å². The maximum absolute atomic E-state index is 5.75. The van der Waals surface area contributed by atoms with E-state index in [2.05, 4.69) is 69.4 Å². The predicted molar refractivity (Wildman–Crippen MR) is 96.6 cm³/mol. The topological polar surface area (TPSA) is 38.9 Å². The minimum absolute atomic E-state index is 0.362. The molecule has 3 aromatic rings. The molecule has 0 saturated heterocycles. The zero-order valence-electron chi connectivity index (χ0n) is 12.8. The summed E-state index contributed by atoms with van der Waals surface area (Å²) in [6.45, 7) is 2.17. The van der Waals surface area contributed by atoms with E-state index in [4.69, 9.17) is 4.42 Å². The van der Waals surface area contributed by atoms with Crippen molar-refractivity contribution in [3.05, 3.63) is 76.1 Å². The smallest absolute Gasteiger partial charge is 0.276 e. The lowest BCUT2D eigenvalue weighted by atomic mass is 9.98. The average Bonchev–Trinajstić information content (AvgIpc) is 3.02. The van der Waals surface area contributed by atoms with Gasteiger partial charge in [0.2, 0.25) is 5.89 Å². The van der Waals surface area contributed by atoms with Crippen LogP contribution in [-0.4, -0.2) is 10.2 Å². The first-order chi connectivity index (χ1) is 11.2. The van der Waals surface area contributed by atoms with Crippen LogP contribution in [0, 0.1) is 0 Å². The van der Waals surface area contributed by atoms with Crippen LogP contribution in [0.2, 0.25) is 0 Å². The van der Waals surface area contributed by atoms with Gasteiger partial charge < -0.3 is 4.42 Å². The predicted octanol–water partition coefficient (Wildman–Crippen LogP) is 5.47. The number of aromatic nitrogens is 2. The van der Waals surface area contributed by atoms with Crippen LogP contribution in [0.1, 0.15) is 29.9 Å². The van der Waals surface area contributed by atoms with Gasteiger partial charge in [-0.05, 0) is 29.2 Å². The fourth-order valence-corrected chi connectivity index (χ4v) is 3.27. The lowest BCUT2D eigenvalue weighted by Crippen LogP contribution is -1.98. The molecule has 23 heavy (non-hydrogen) atoms. The van der Waals surface area contributed by atoms with Crippen molar-refractivity contribution in [2.75, 3.05) is 0 Å². The first-order valence-electron chi connectivity index (χ1n) is 7.45. The van der Waals surface area contributed by atoms with Crippen LogP contribution in [0.4, 0.5) is 0 Å². The molecule has 1 heterocycles. The Morgan fingerprint density at radius 1 is 1.04 bits per heavy atom. The van der Waals surface area contributed by atoms with Crippen LogP contribution in [0.3, 0.4) is 0 Å². The minimum Gasteiger partial charge on any atom is -0.416 e. The van der Waals surface area contributed by atoms with Crippen LogP contribution in [0.25, 0.3) is 0 Å². The normalized spacial score (nSPS) is 12.3. The quantitative estimate of drug-likeness (QED) is 0.524. The van der Waals surface area contributed by atoms with E-state index in [-0.39, 0.29) is 0 Å². The molecule has 0 spiro atoms. The van der Waals surface area contributed by atoms with E-state index < -0.39 is 0 Å². The first kappa shape index (κ1) is 16.3. The summed E-state index contributed by atoms with van der Waals surface area (Å²) in [7, 11) is 0. The maximum Gasteiger partial charge on any atom is 0.276 e. The molecule has 0 aliphatic carbocycles. The fourth-order valence-electron chi connectivity index (χ4n) is 2.27. The molecule has 0 aliphatic rings. The Hall–Kier alpha value is -1.59. The molecule has 0 N–H and O–H groups in total. The summed E-state index contributed by atoms with van der Waals surface area (Å²) in [5, 5.41) is 8.92. The molecule has 1 atom stereocenters. The van der Waals surface area contributed by atoms with Crippen molar-refractivity contribution in [2.45, 2.75) is 30.2 Å². The van der Waals surface area contributed by atoms with Gasteiger partial charge in [-0.25, -0.2) is 0 Å². The molecule has 1 aromatic heterocycles. The second-order valence-electron chi connectivity index (χ2n) is 5.39. The largest absolute Gasteiger partial charge is 0.416 e. The van der Waals surface area contributed by atoms with Crippen LogP contribution in [0.15, 0.2) is 68.7 Å². The van der Waals surface area contributed by atoms with Gasteiger partial charge in [-0.15, -0.1) is 10.2 Å². The lowest BCUT2D eigenvalue weighted by Gasteiger charge is -2.08. The van der Waals surface area contributed by atoms with Crippen LogP contribution >= 0.6 is 27.7 Å². The summed E-state index contributed by atoms with van der Waals surface area (Å²) in [5.74, 6) is 1.88. The zero-order chi connectivity index (χ0) is 16.1. The molecule has 0 bridgehead atoms. The van der Waals surface area contributed by atoms with E-state index in [1.165, 1.54) is 11.1 Å². The van der Waals surface area contributed by atoms with Crippen LogP contribution in [-0.2, 0) is 12.2 Å². The van der Waals surface area contributed by atoms with Crippen molar-refractivity contribution in [3.8, 4) is 0 Å². The van der Waals surface area contributed by atoms with Gasteiger partial charge in [-0.3, -0.25) is 0 Å². The highest BCUT2D eigenvalue weighted by Gasteiger charge is 2.12. The number of rotatable bonds is 6. The molecule has 5 heteroatoms. The van der Waals surface area contributed by atoms with E-state index in [1.54, 1.807) is 11.8 Å². The maximum atomic E-state index is 5.75. The molecule has 1 unspecified atom stereocenters. The van der Waals surface area contributed by atoms with Crippen LogP contribution < -0.4 is 0 Å². The Bertz CT molecular complexity index is 743. The third kappa shape index (κ3) is 4.69. The van der Waals surface area contributed by atoms with Crippen molar-refractivity contribution in [1.29, 1.82) is 0 Å². The van der Waals surface area contributed by atoms with Crippen molar-refractivity contribution < 1.29 is 4.42 Å². The molecular formula is C18H17BrN2OS. The summed E-state index contributed by atoms with van der Waals surface area (Å²) in [6.07, 6.45) is 0.760. The van der Waals surface area contributed by atoms with Crippen molar-refractivity contribution >= 4 is 27.7 Å². The second kappa shape index (κ2) is 7.79. The third-order valence-corrected chi connectivity index (χ3v) is 4.99. The van der Waals surface area contributed by atoms with Crippen molar-refractivity contribution in [1.82, 2.24) is 10.2 Å². The summed E-state index contributed by atoms with van der Waals surface area (Å²) in [4.78, 5) is 0. The first-order valence-corrected chi connectivity index (χ1v) is 9.23. The highest BCUT2D eigenvalue weighted by atomic mass is 79.9. The fraction of sp³-hybridized carbons (Fsp3) is 0.222. The standard InChI is InChI=1S/C18H17BrN2OS/c1-13(15-5-3-2-4-6-15)11-17-20-21-18(22-17)23-12-14-7-9-16(19)10-8-14/h2-10,13H,11-12H2,1H3. The van der Waals surface area contributed by atoms with Gasteiger partial charge in [0.05, 0.1) is 0 Å². The second-order valence-corrected chi connectivity index (χ2v) is 7.23. The van der Waals surface area contributed by atoms with E-state index >= 15 is 0 Å². The van der Waals surface area contributed by atoms with E-state index in [1.807, 2.05) is 18.2 Å². The average molecular weight is 389 g/mol. The van der Waals surface area contributed by atoms with Gasteiger partial charge in [0.1, 0.15) is 0 Å². The Morgan fingerprint density at radius 2 is 1.78 bits per heavy atom. The minimum atomic E-state index is 0.362. The summed E-state index contributed by atoms with van der Waals surface area (Å²) in [5.41, 5.74) is 2.52. The molecule has 3 rings (SSSR count). The van der Waals surface area contributed by atoms with Gasteiger partial charge in [0.15, 0.2) is 0 Å². The number of thioether (sulfide) groups is 1. The summed E-state index contributed by atoms with van der Waals surface area (Å²) in [6, 6.07) is 18.7. The van der Waals surface area contributed by atoms with Gasteiger partial charge in [-0.2, -0.15) is 0 Å². The molecule has 0 saturated carbocycles. The van der Waals surface area contributed by atoms with Gasteiger partial charge >= 0.3 is 0 Å². The van der Waals surface area contributed by atoms with E-state index in [9.17, 15) is 0 Å². The van der Waals surface area contributed by atoms with Gasteiger partial charge in [0, 0.05) is 16.6 Å². The van der Waals surface area contributed by atoms with Crippen molar-refractivity contribution in [2.24, 2.45) is 0 Å². The lowest BCUT2D eigenvalue weighted by molar-refractivity contribution is 0.404. The third-order valence-electron chi connectivity index (χ3n) is 3.57. The van der Waals surface area contributed by atoms with Crippen LogP contribution in [0.5, 0.6) is 0 Å². The summed E-state index contributed by atoms with van der Waals surface area (Å²) >= 11 is 5.01. The molecule has 0 amide bonds. The Morgan fingerprint density at radius 3 is 2.52 bits per heavy atom. The molecule has 118 valence electrons. The SMILES string of the molecule is CC(Cc1nnc(SCc2ccc(Br)cc2)o1)c1ccccc1. The molecule has 0 aliphatic heterocycles. The zero-order valence-corrected chi connectivity index (χ0v) is 15.2. The Balaban J connectivity index is 1.56. The number of hydrogen-bond donors (Lipinski definition) is 0. The number of benzene rings is 2. The number of hydrogen-bond acceptors (Lipinski definition) is 4.